The van der Waals surface area contributed by atoms with Gasteiger partial charge in [-0.1, -0.05) is 54.1 Å². The molecule has 34 heavy (non-hydrogen) atoms. The Kier molecular flexibility index (Phi) is 8.31. The first-order chi connectivity index (χ1) is 16.2. The molecule has 0 radical (unpaired) electrons. The Balaban J connectivity index is 1.96. The molecule has 0 unspecified atom stereocenters. The van der Waals surface area contributed by atoms with E-state index >= 15 is 4.39 Å². The van der Waals surface area contributed by atoms with Gasteiger partial charge in [-0.15, -0.1) is 0 Å². The molecule has 0 aliphatic rings. The van der Waals surface area contributed by atoms with Gasteiger partial charge in [0.25, 0.3) is 10.1 Å². The minimum absolute atomic E-state index is 0.0405. The maximum atomic E-state index is 15.1. The molecule has 0 aromatic heterocycles. The first-order valence-electron chi connectivity index (χ1n) is 10.6. The Bertz CT molecular complexity index is 1320. The van der Waals surface area contributed by atoms with E-state index in [-0.39, 0.29) is 22.8 Å². The van der Waals surface area contributed by atoms with Gasteiger partial charge in [-0.3, -0.25) is 4.18 Å². The summed E-state index contributed by atoms with van der Waals surface area (Å²) < 4.78 is 51.7. The third kappa shape index (κ3) is 5.95. The van der Waals surface area contributed by atoms with E-state index in [0.717, 1.165) is 11.1 Å². The fourth-order valence-corrected chi connectivity index (χ4v) is 4.55. The number of ether oxygens (including phenoxy) is 1. The van der Waals surface area contributed by atoms with Crippen LogP contribution in [0.4, 0.5) is 4.39 Å². The molecule has 4 nitrogen and oxygen atoms in total. The minimum Gasteiger partial charge on any atom is -0.483 e. The van der Waals surface area contributed by atoms with Crippen molar-refractivity contribution < 1.29 is 21.7 Å². The third-order valence-electron chi connectivity index (χ3n) is 5.17. The molecule has 0 saturated carbocycles. The molecule has 7 heteroatoms. The highest BCUT2D eigenvalue weighted by atomic mass is 35.5. The van der Waals surface area contributed by atoms with Gasteiger partial charge in [0.15, 0.2) is 0 Å². The van der Waals surface area contributed by atoms with Crippen molar-refractivity contribution in [1.82, 2.24) is 0 Å². The number of allylic oxidation sites excluding steroid dienone is 1. The van der Waals surface area contributed by atoms with Crippen LogP contribution < -0.4 is 4.74 Å². The Labute approximate surface area is 205 Å². The van der Waals surface area contributed by atoms with Crippen molar-refractivity contribution in [2.45, 2.75) is 31.8 Å². The largest absolute Gasteiger partial charge is 0.483 e. The summed E-state index contributed by atoms with van der Waals surface area (Å²) in [5.74, 6) is -0.227. The second-order valence-corrected chi connectivity index (χ2v) is 9.80. The molecule has 0 fully saturated rings. The summed E-state index contributed by atoms with van der Waals surface area (Å²) in [4.78, 5) is 0.0405. The van der Waals surface area contributed by atoms with Gasteiger partial charge < -0.3 is 4.74 Å². The quantitative estimate of drug-likeness (QED) is 0.231. The maximum absolute atomic E-state index is 15.1. The summed E-state index contributed by atoms with van der Waals surface area (Å²) in [5.41, 5.74) is 3.18. The molecule has 0 N–H and O–H groups in total. The van der Waals surface area contributed by atoms with E-state index < -0.39 is 22.0 Å². The van der Waals surface area contributed by atoms with Gasteiger partial charge in [0.1, 0.15) is 24.3 Å². The minimum atomic E-state index is -4.01. The van der Waals surface area contributed by atoms with Crippen LogP contribution in [0.5, 0.6) is 5.75 Å². The van der Waals surface area contributed by atoms with E-state index in [4.69, 9.17) is 20.5 Å². The highest BCUT2D eigenvalue weighted by Gasteiger charge is 2.22. The first kappa shape index (κ1) is 25.7. The van der Waals surface area contributed by atoms with Crippen LogP contribution in [0.3, 0.4) is 0 Å². The molecule has 0 aliphatic carbocycles. The van der Waals surface area contributed by atoms with E-state index in [0.29, 0.717) is 16.1 Å². The van der Waals surface area contributed by atoms with E-state index in [1.54, 1.807) is 48.6 Å². The van der Waals surface area contributed by atoms with E-state index in [1.165, 1.54) is 24.3 Å². The molecule has 0 spiro atoms. The number of hydrogen-bond acceptors (Lipinski definition) is 4. The number of halogens is 2. The Morgan fingerprint density at radius 3 is 2.41 bits per heavy atom. The zero-order valence-corrected chi connectivity index (χ0v) is 20.8. The Morgan fingerprint density at radius 1 is 1.09 bits per heavy atom. The second kappa shape index (κ2) is 11.0. The zero-order valence-electron chi connectivity index (χ0n) is 19.2. The molecule has 178 valence electrons. The molecule has 0 heterocycles. The molecule has 1 atom stereocenters. The van der Waals surface area contributed by atoms with Crippen LogP contribution in [0, 0.1) is 19.7 Å². The number of hydrogen-bond donors (Lipinski definition) is 0. The lowest BCUT2D eigenvalue weighted by Crippen LogP contribution is -2.23. The van der Waals surface area contributed by atoms with Crippen molar-refractivity contribution in [2.24, 2.45) is 0 Å². The van der Waals surface area contributed by atoms with Crippen LogP contribution in [-0.4, -0.2) is 21.1 Å². The molecular weight excluding hydrogens is 475 g/mol. The average Bonchev–Trinajstić information content (AvgIpc) is 2.79. The summed E-state index contributed by atoms with van der Waals surface area (Å²) in [6.07, 6.45) is 4.15. The summed E-state index contributed by atoms with van der Waals surface area (Å²) in [7, 11) is -4.01. The first-order valence-corrected chi connectivity index (χ1v) is 12.4. The molecule has 3 aromatic rings. The van der Waals surface area contributed by atoms with Gasteiger partial charge in [-0.05, 0) is 74.4 Å². The van der Waals surface area contributed by atoms with Crippen LogP contribution in [0.15, 0.2) is 78.2 Å². The smallest absolute Gasteiger partial charge is 0.297 e. The lowest BCUT2D eigenvalue weighted by molar-refractivity contribution is 0.168. The topological polar surface area (TPSA) is 52.6 Å². The Morgan fingerprint density at radius 2 is 1.79 bits per heavy atom. The van der Waals surface area contributed by atoms with E-state index in [1.807, 2.05) is 20.8 Å². The third-order valence-corrected chi connectivity index (χ3v) is 6.70. The summed E-state index contributed by atoms with van der Waals surface area (Å²) in [6, 6.07) is 14.4. The van der Waals surface area contributed by atoms with Gasteiger partial charge in [0.05, 0.1) is 10.5 Å². The molecule has 3 rings (SSSR count). The SMILES string of the molecule is C=C[C@H](COS(=O)(=O)c1ccc(C)cc1)Oc1c(C=CC)ccc(F)c1-c1ccc(Cl)cc1C. The normalized spacial score (nSPS) is 12.6. The molecule has 3 aromatic carbocycles. The van der Waals surface area contributed by atoms with Gasteiger partial charge in [0.2, 0.25) is 0 Å². The summed E-state index contributed by atoms with van der Waals surface area (Å²) >= 11 is 6.09. The Hall–Kier alpha value is -2.93. The lowest BCUT2D eigenvalue weighted by Gasteiger charge is -2.21. The average molecular weight is 501 g/mol. The van der Waals surface area contributed by atoms with Crippen molar-refractivity contribution in [3.63, 3.8) is 0 Å². The molecule has 0 amide bonds. The monoisotopic (exact) mass is 500 g/mol. The van der Waals surface area contributed by atoms with Crippen molar-refractivity contribution >= 4 is 27.8 Å². The zero-order chi connectivity index (χ0) is 24.9. The highest BCUT2D eigenvalue weighted by molar-refractivity contribution is 7.86. The van der Waals surface area contributed by atoms with E-state index in [2.05, 4.69) is 6.58 Å². The van der Waals surface area contributed by atoms with Crippen molar-refractivity contribution in [3.05, 3.63) is 101 Å². The second-order valence-electron chi connectivity index (χ2n) is 7.74. The predicted molar refractivity (Wildman–Crippen MR) is 135 cm³/mol. The molecule has 0 saturated heterocycles. The van der Waals surface area contributed by atoms with Crippen molar-refractivity contribution in [1.29, 1.82) is 0 Å². The highest BCUT2D eigenvalue weighted by Crippen LogP contribution is 2.39. The fourth-order valence-electron chi connectivity index (χ4n) is 3.40. The van der Waals surface area contributed by atoms with Crippen molar-refractivity contribution in [2.75, 3.05) is 6.61 Å². The number of rotatable bonds is 9. The maximum Gasteiger partial charge on any atom is 0.297 e. The van der Waals surface area contributed by atoms with Crippen LogP contribution in [0.25, 0.3) is 17.2 Å². The van der Waals surface area contributed by atoms with Crippen LogP contribution in [0.1, 0.15) is 23.6 Å². The van der Waals surface area contributed by atoms with E-state index in [9.17, 15) is 8.42 Å². The van der Waals surface area contributed by atoms with Crippen LogP contribution in [-0.2, 0) is 14.3 Å². The molecule has 0 bridgehead atoms. The summed E-state index contributed by atoms with van der Waals surface area (Å²) in [6.45, 7) is 8.94. The molecule has 0 aliphatic heterocycles. The fraction of sp³-hybridized carbons (Fsp3) is 0.185. The lowest BCUT2D eigenvalue weighted by atomic mass is 9.96. The standard InChI is InChI=1S/C27H26ClFO4S/c1-5-7-20-10-15-25(29)26(24-14-11-21(28)16-19(24)4)27(20)33-22(6-2)17-32-34(30,31)23-12-8-18(3)9-13-23/h5-16,22H,2,17H2,1,3-4H3/t22-/m1/s1. The molecular formula is C27H26ClFO4S. The van der Waals surface area contributed by atoms with Gasteiger partial charge in [0, 0.05) is 10.6 Å². The van der Waals surface area contributed by atoms with Crippen molar-refractivity contribution in [3.8, 4) is 16.9 Å². The number of benzene rings is 3. The van der Waals surface area contributed by atoms with Crippen LogP contribution >= 0.6 is 11.6 Å². The van der Waals surface area contributed by atoms with Gasteiger partial charge in [-0.2, -0.15) is 8.42 Å². The summed E-state index contributed by atoms with van der Waals surface area (Å²) in [5, 5.41) is 0.535. The number of aryl methyl sites for hydroxylation is 2. The van der Waals surface area contributed by atoms with Crippen LogP contribution in [0.2, 0.25) is 5.02 Å². The van der Waals surface area contributed by atoms with Gasteiger partial charge >= 0.3 is 0 Å². The predicted octanol–water partition coefficient (Wildman–Crippen LogP) is 7.13. The van der Waals surface area contributed by atoms with Gasteiger partial charge in [-0.25, -0.2) is 4.39 Å².